The summed E-state index contributed by atoms with van der Waals surface area (Å²) in [4.78, 5) is 1.06. The lowest BCUT2D eigenvalue weighted by Crippen LogP contribution is -2.15. The van der Waals surface area contributed by atoms with Crippen molar-refractivity contribution in [2.45, 2.75) is 24.3 Å². The van der Waals surface area contributed by atoms with E-state index in [1.54, 1.807) is 17.8 Å². The van der Waals surface area contributed by atoms with Gasteiger partial charge in [-0.15, -0.1) is 11.8 Å². The van der Waals surface area contributed by atoms with E-state index in [0.717, 1.165) is 28.5 Å². The van der Waals surface area contributed by atoms with Gasteiger partial charge in [0.1, 0.15) is 11.9 Å². The second-order valence-corrected chi connectivity index (χ2v) is 6.55. The third-order valence-corrected chi connectivity index (χ3v) is 4.81. The van der Waals surface area contributed by atoms with Gasteiger partial charge < -0.3 is 10.5 Å². The third kappa shape index (κ3) is 2.89. The highest BCUT2D eigenvalue weighted by Gasteiger charge is 2.23. The van der Waals surface area contributed by atoms with E-state index in [1.165, 1.54) is 11.1 Å². The highest BCUT2D eigenvalue weighted by Crippen LogP contribution is 2.34. The first-order valence-electron chi connectivity index (χ1n) is 6.56. The summed E-state index contributed by atoms with van der Waals surface area (Å²) in [6.07, 6.45) is 1.18. The topological polar surface area (TPSA) is 35.2 Å². The summed E-state index contributed by atoms with van der Waals surface area (Å²) >= 11 is 7.63. The van der Waals surface area contributed by atoms with Crippen molar-refractivity contribution in [1.82, 2.24) is 0 Å². The molecule has 2 aromatic rings. The molecule has 1 heterocycles. The number of ether oxygens (including phenoxy) is 1. The average Bonchev–Trinajstić information content (AvgIpc) is 2.79. The Bertz CT molecular complexity index is 644. The molecule has 2 aromatic carbocycles. The molecule has 20 heavy (non-hydrogen) atoms. The molecule has 0 bridgehead atoms. The SMILES string of the molecule is Cc1ccc2c(c1)CC(CSc1ccc(Cl)cc1N)O2. The minimum Gasteiger partial charge on any atom is -0.489 e. The van der Waals surface area contributed by atoms with Gasteiger partial charge in [0.15, 0.2) is 0 Å². The Morgan fingerprint density at radius 1 is 1.30 bits per heavy atom. The Labute approximate surface area is 128 Å². The van der Waals surface area contributed by atoms with Gasteiger partial charge in [-0.2, -0.15) is 0 Å². The van der Waals surface area contributed by atoms with E-state index < -0.39 is 0 Å². The number of anilines is 1. The molecule has 0 spiro atoms. The van der Waals surface area contributed by atoms with Crippen LogP contribution in [0.4, 0.5) is 5.69 Å². The van der Waals surface area contributed by atoms with Crippen molar-refractivity contribution in [3.8, 4) is 5.75 Å². The van der Waals surface area contributed by atoms with E-state index in [-0.39, 0.29) is 6.10 Å². The summed E-state index contributed by atoms with van der Waals surface area (Å²) in [5, 5.41) is 0.673. The minimum absolute atomic E-state index is 0.215. The van der Waals surface area contributed by atoms with Crippen molar-refractivity contribution in [3.63, 3.8) is 0 Å². The number of aryl methyl sites for hydroxylation is 1. The number of halogens is 1. The fraction of sp³-hybridized carbons (Fsp3) is 0.250. The van der Waals surface area contributed by atoms with E-state index in [1.807, 2.05) is 12.1 Å². The van der Waals surface area contributed by atoms with Crippen LogP contribution in [0.2, 0.25) is 5.02 Å². The lowest BCUT2D eigenvalue weighted by Gasteiger charge is -2.11. The molecule has 2 nitrogen and oxygen atoms in total. The van der Waals surface area contributed by atoms with E-state index in [2.05, 4.69) is 25.1 Å². The van der Waals surface area contributed by atoms with Crippen LogP contribution < -0.4 is 10.5 Å². The summed E-state index contributed by atoms with van der Waals surface area (Å²) in [5.74, 6) is 1.91. The van der Waals surface area contributed by atoms with E-state index in [9.17, 15) is 0 Å². The maximum absolute atomic E-state index is 5.96. The number of hydrogen-bond donors (Lipinski definition) is 1. The second kappa shape index (κ2) is 5.58. The number of nitrogen functional groups attached to an aromatic ring is 1. The molecule has 1 atom stereocenters. The highest BCUT2D eigenvalue weighted by molar-refractivity contribution is 7.99. The second-order valence-electron chi connectivity index (χ2n) is 5.05. The largest absolute Gasteiger partial charge is 0.489 e. The first-order chi connectivity index (χ1) is 9.61. The molecule has 0 saturated carbocycles. The molecule has 0 saturated heterocycles. The van der Waals surface area contributed by atoms with Crippen LogP contribution >= 0.6 is 23.4 Å². The van der Waals surface area contributed by atoms with Gasteiger partial charge in [-0.05, 0) is 36.8 Å². The minimum atomic E-state index is 0.215. The summed E-state index contributed by atoms with van der Waals surface area (Å²) in [6.45, 7) is 2.11. The molecule has 104 valence electrons. The Morgan fingerprint density at radius 3 is 2.95 bits per heavy atom. The Hall–Kier alpha value is -1.32. The van der Waals surface area contributed by atoms with Crippen molar-refractivity contribution in [2.24, 2.45) is 0 Å². The van der Waals surface area contributed by atoms with Gasteiger partial charge in [-0.25, -0.2) is 0 Å². The van der Waals surface area contributed by atoms with E-state index in [0.29, 0.717) is 5.02 Å². The Kier molecular flexibility index (Phi) is 3.81. The van der Waals surface area contributed by atoms with Crippen LogP contribution in [-0.2, 0) is 6.42 Å². The smallest absolute Gasteiger partial charge is 0.123 e. The van der Waals surface area contributed by atoms with Gasteiger partial charge in [-0.3, -0.25) is 0 Å². The van der Waals surface area contributed by atoms with Crippen molar-refractivity contribution < 1.29 is 4.74 Å². The van der Waals surface area contributed by atoms with Crippen LogP contribution in [0.3, 0.4) is 0 Å². The number of benzene rings is 2. The molecule has 1 unspecified atom stereocenters. The van der Waals surface area contributed by atoms with Crippen LogP contribution in [0.15, 0.2) is 41.3 Å². The molecule has 0 aliphatic carbocycles. The van der Waals surface area contributed by atoms with Crippen LogP contribution in [0, 0.1) is 6.92 Å². The van der Waals surface area contributed by atoms with Gasteiger partial charge >= 0.3 is 0 Å². The molecule has 1 aliphatic rings. The fourth-order valence-corrected chi connectivity index (χ4v) is 3.50. The van der Waals surface area contributed by atoms with E-state index >= 15 is 0 Å². The van der Waals surface area contributed by atoms with Crippen LogP contribution in [0.1, 0.15) is 11.1 Å². The number of rotatable bonds is 3. The van der Waals surface area contributed by atoms with Gasteiger partial charge in [0.05, 0.1) is 0 Å². The Balaban J connectivity index is 1.63. The van der Waals surface area contributed by atoms with Crippen LogP contribution in [0.5, 0.6) is 5.75 Å². The number of hydrogen-bond acceptors (Lipinski definition) is 3. The molecule has 0 amide bonds. The van der Waals surface area contributed by atoms with Gasteiger partial charge in [0, 0.05) is 27.8 Å². The molecule has 0 fully saturated rings. The zero-order valence-electron chi connectivity index (χ0n) is 11.2. The van der Waals surface area contributed by atoms with Crippen LogP contribution in [-0.4, -0.2) is 11.9 Å². The summed E-state index contributed by atoms with van der Waals surface area (Å²) in [7, 11) is 0. The summed E-state index contributed by atoms with van der Waals surface area (Å²) < 4.78 is 5.96. The molecular weight excluding hydrogens is 290 g/mol. The average molecular weight is 306 g/mol. The molecular formula is C16H16ClNOS. The van der Waals surface area contributed by atoms with Crippen molar-refractivity contribution in [1.29, 1.82) is 0 Å². The maximum atomic E-state index is 5.96. The molecule has 2 N–H and O–H groups in total. The zero-order valence-corrected chi connectivity index (χ0v) is 12.8. The molecule has 0 radical (unpaired) electrons. The summed E-state index contributed by atoms with van der Waals surface area (Å²) in [6, 6.07) is 12.0. The zero-order chi connectivity index (χ0) is 14.1. The number of thioether (sulfide) groups is 1. The number of fused-ring (bicyclic) bond motifs is 1. The Morgan fingerprint density at radius 2 is 2.15 bits per heavy atom. The van der Waals surface area contributed by atoms with E-state index in [4.69, 9.17) is 22.1 Å². The van der Waals surface area contributed by atoms with Crippen molar-refractivity contribution >= 4 is 29.1 Å². The normalized spacial score (nSPS) is 16.8. The predicted octanol–water partition coefficient (Wildman–Crippen LogP) is 4.33. The summed E-state index contributed by atoms with van der Waals surface area (Å²) in [5.41, 5.74) is 9.28. The lowest BCUT2D eigenvalue weighted by molar-refractivity contribution is 0.259. The lowest BCUT2D eigenvalue weighted by atomic mass is 10.1. The molecule has 3 rings (SSSR count). The highest BCUT2D eigenvalue weighted by atomic mass is 35.5. The van der Waals surface area contributed by atoms with Gasteiger partial charge in [0.25, 0.3) is 0 Å². The fourth-order valence-electron chi connectivity index (χ4n) is 2.38. The first kappa shape index (κ1) is 13.7. The maximum Gasteiger partial charge on any atom is 0.123 e. The standard InChI is InChI=1S/C16H16ClNOS/c1-10-2-4-15-11(6-10)7-13(19-15)9-20-16-5-3-12(17)8-14(16)18/h2-6,8,13H,7,9,18H2,1H3. The quantitative estimate of drug-likeness (QED) is 0.677. The monoisotopic (exact) mass is 305 g/mol. The molecule has 0 aromatic heterocycles. The molecule has 4 heteroatoms. The predicted molar refractivity (Wildman–Crippen MR) is 85.9 cm³/mol. The van der Waals surface area contributed by atoms with Gasteiger partial charge in [-0.1, -0.05) is 29.3 Å². The first-order valence-corrected chi connectivity index (χ1v) is 7.92. The van der Waals surface area contributed by atoms with Gasteiger partial charge in [0.2, 0.25) is 0 Å². The van der Waals surface area contributed by atoms with Crippen molar-refractivity contribution in [2.75, 3.05) is 11.5 Å². The number of nitrogens with two attached hydrogens (primary N) is 1. The third-order valence-electron chi connectivity index (χ3n) is 3.35. The van der Waals surface area contributed by atoms with Crippen molar-refractivity contribution in [3.05, 3.63) is 52.5 Å². The molecule has 1 aliphatic heterocycles. The van der Waals surface area contributed by atoms with Crippen LogP contribution in [0.25, 0.3) is 0 Å².